The molecule has 4 heteroatoms. The Bertz CT molecular complexity index is 134. The van der Waals surface area contributed by atoms with Gasteiger partial charge in [-0.05, 0) is 20.3 Å². The van der Waals surface area contributed by atoms with Crippen LogP contribution in [0, 0.1) is 0 Å². The lowest BCUT2D eigenvalue weighted by molar-refractivity contribution is 0.0640. The highest BCUT2D eigenvalue weighted by Gasteiger charge is 2.07. The SMILES string of the molecule is COCCOCCCN(CCBr)C(C)C. The molecule has 0 aliphatic carbocycles. The molecule has 0 fully saturated rings. The van der Waals surface area contributed by atoms with E-state index in [4.69, 9.17) is 9.47 Å². The van der Waals surface area contributed by atoms with Crippen molar-refractivity contribution in [1.29, 1.82) is 0 Å². The quantitative estimate of drug-likeness (QED) is 0.452. The number of alkyl halides is 1. The standard InChI is InChI=1S/C11H24BrNO2/c1-11(2)13(7-5-12)6-4-8-15-10-9-14-3/h11H,4-10H2,1-3H3. The van der Waals surface area contributed by atoms with Gasteiger partial charge in [0.05, 0.1) is 13.2 Å². The van der Waals surface area contributed by atoms with Gasteiger partial charge in [-0.25, -0.2) is 0 Å². The Labute approximate surface area is 102 Å². The molecular formula is C11H24BrNO2. The Balaban J connectivity index is 3.37. The number of hydrogen-bond donors (Lipinski definition) is 0. The molecule has 0 N–H and O–H groups in total. The van der Waals surface area contributed by atoms with Gasteiger partial charge in [0.15, 0.2) is 0 Å². The van der Waals surface area contributed by atoms with Crippen molar-refractivity contribution in [3.63, 3.8) is 0 Å². The largest absolute Gasteiger partial charge is 0.382 e. The van der Waals surface area contributed by atoms with Crippen molar-refractivity contribution in [3.05, 3.63) is 0 Å². The zero-order valence-electron chi connectivity index (χ0n) is 10.2. The lowest BCUT2D eigenvalue weighted by atomic mass is 10.3. The molecule has 0 radical (unpaired) electrons. The van der Waals surface area contributed by atoms with Crippen LogP contribution in [0.1, 0.15) is 20.3 Å². The van der Waals surface area contributed by atoms with E-state index in [0.717, 1.165) is 31.4 Å². The van der Waals surface area contributed by atoms with E-state index in [1.54, 1.807) is 7.11 Å². The Morgan fingerprint density at radius 3 is 2.40 bits per heavy atom. The van der Waals surface area contributed by atoms with Crippen molar-refractivity contribution in [2.24, 2.45) is 0 Å². The van der Waals surface area contributed by atoms with Gasteiger partial charge >= 0.3 is 0 Å². The summed E-state index contributed by atoms with van der Waals surface area (Å²) in [5.41, 5.74) is 0. The average molecular weight is 282 g/mol. The van der Waals surface area contributed by atoms with Crippen LogP contribution >= 0.6 is 15.9 Å². The van der Waals surface area contributed by atoms with Gasteiger partial charge in [-0.3, -0.25) is 0 Å². The van der Waals surface area contributed by atoms with Gasteiger partial charge in [-0.2, -0.15) is 0 Å². The van der Waals surface area contributed by atoms with Gasteiger partial charge < -0.3 is 14.4 Å². The summed E-state index contributed by atoms with van der Waals surface area (Å²) in [4.78, 5) is 2.45. The lowest BCUT2D eigenvalue weighted by Crippen LogP contribution is -2.34. The first-order valence-electron chi connectivity index (χ1n) is 5.59. The lowest BCUT2D eigenvalue weighted by Gasteiger charge is -2.25. The highest BCUT2D eigenvalue weighted by atomic mass is 79.9. The second-order valence-electron chi connectivity index (χ2n) is 3.78. The minimum absolute atomic E-state index is 0.613. The fourth-order valence-electron chi connectivity index (χ4n) is 1.35. The number of hydrogen-bond acceptors (Lipinski definition) is 3. The fourth-order valence-corrected chi connectivity index (χ4v) is 1.81. The maximum Gasteiger partial charge on any atom is 0.0700 e. The van der Waals surface area contributed by atoms with Crippen LogP contribution in [-0.4, -0.2) is 56.3 Å². The molecule has 0 unspecified atom stereocenters. The Morgan fingerprint density at radius 2 is 1.87 bits per heavy atom. The molecule has 0 aromatic heterocycles. The van der Waals surface area contributed by atoms with Crippen LogP contribution in [0.25, 0.3) is 0 Å². The van der Waals surface area contributed by atoms with E-state index in [9.17, 15) is 0 Å². The third-order valence-corrected chi connectivity index (χ3v) is 2.62. The molecule has 0 spiro atoms. The summed E-state index contributed by atoms with van der Waals surface area (Å²) in [6.45, 7) is 8.90. The van der Waals surface area contributed by atoms with E-state index in [2.05, 4.69) is 34.7 Å². The van der Waals surface area contributed by atoms with Gasteiger partial charge in [0.2, 0.25) is 0 Å². The molecule has 0 bridgehead atoms. The number of nitrogens with zero attached hydrogens (tertiary/aromatic N) is 1. The van der Waals surface area contributed by atoms with E-state index in [0.29, 0.717) is 19.3 Å². The van der Waals surface area contributed by atoms with Crippen molar-refractivity contribution in [3.8, 4) is 0 Å². The maximum absolute atomic E-state index is 5.42. The molecule has 0 saturated carbocycles. The van der Waals surface area contributed by atoms with E-state index in [1.165, 1.54) is 0 Å². The third-order valence-electron chi connectivity index (χ3n) is 2.27. The number of rotatable bonds is 10. The summed E-state index contributed by atoms with van der Waals surface area (Å²) >= 11 is 3.47. The molecule has 0 atom stereocenters. The predicted molar refractivity (Wildman–Crippen MR) is 67.8 cm³/mol. The fraction of sp³-hybridized carbons (Fsp3) is 1.00. The van der Waals surface area contributed by atoms with Crippen LogP contribution in [-0.2, 0) is 9.47 Å². The summed E-state index contributed by atoms with van der Waals surface area (Å²) < 4.78 is 10.3. The predicted octanol–water partition coefficient (Wildman–Crippen LogP) is 2.14. The highest BCUT2D eigenvalue weighted by molar-refractivity contribution is 9.09. The van der Waals surface area contributed by atoms with E-state index < -0.39 is 0 Å². The molecule has 3 nitrogen and oxygen atoms in total. The third kappa shape index (κ3) is 9.30. The normalized spacial score (nSPS) is 11.6. The van der Waals surface area contributed by atoms with Crippen LogP contribution in [0.3, 0.4) is 0 Å². The maximum atomic E-state index is 5.42. The molecular weight excluding hydrogens is 258 g/mol. The van der Waals surface area contributed by atoms with E-state index in [1.807, 2.05) is 0 Å². The second-order valence-corrected chi connectivity index (χ2v) is 4.57. The molecule has 0 saturated heterocycles. The van der Waals surface area contributed by atoms with Crippen LogP contribution in [0.5, 0.6) is 0 Å². The molecule has 0 aliphatic heterocycles. The number of halogens is 1. The van der Waals surface area contributed by atoms with Gasteiger partial charge in [0, 0.05) is 38.2 Å². The molecule has 0 aromatic rings. The molecule has 0 aliphatic rings. The smallest absolute Gasteiger partial charge is 0.0700 e. The molecule has 15 heavy (non-hydrogen) atoms. The first-order chi connectivity index (χ1) is 7.22. The van der Waals surface area contributed by atoms with Crippen LogP contribution in [0.2, 0.25) is 0 Å². The molecule has 0 aromatic carbocycles. The Kier molecular flexibility index (Phi) is 11.1. The van der Waals surface area contributed by atoms with Crippen molar-refractivity contribution < 1.29 is 9.47 Å². The van der Waals surface area contributed by atoms with E-state index >= 15 is 0 Å². The minimum atomic E-state index is 0.613. The first kappa shape index (κ1) is 15.4. The molecule has 0 heterocycles. The number of ether oxygens (including phenoxy) is 2. The summed E-state index contributed by atoms with van der Waals surface area (Å²) in [6, 6.07) is 0.613. The Morgan fingerprint density at radius 1 is 1.13 bits per heavy atom. The molecule has 0 amide bonds. The molecule has 0 rings (SSSR count). The monoisotopic (exact) mass is 281 g/mol. The van der Waals surface area contributed by atoms with Crippen LogP contribution < -0.4 is 0 Å². The highest BCUT2D eigenvalue weighted by Crippen LogP contribution is 2.01. The van der Waals surface area contributed by atoms with Gasteiger partial charge in [0.1, 0.15) is 0 Å². The summed E-state index contributed by atoms with van der Waals surface area (Å²) in [5, 5.41) is 1.04. The van der Waals surface area contributed by atoms with Crippen molar-refractivity contribution in [2.45, 2.75) is 26.3 Å². The minimum Gasteiger partial charge on any atom is -0.382 e. The van der Waals surface area contributed by atoms with Gasteiger partial charge in [-0.1, -0.05) is 15.9 Å². The first-order valence-corrected chi connectivity index (χ1v) is 6.71. The average Bonchev–Trinajstić information content (AvgIpc) is 2.21. The summed E-state index contributed by atoms with van der Waals surface area (Å²) in [7, 11) is 1.69. The van der Waals surface area contributed by atoms with Crippen molar-refractivity contribution >= 4 is 15.9 Å². The summed E-state index contributed by atoms with van der Waals surface area (Å²) in [6.07, 6.45) is 1.09. The zero-order chi connectivity index (χ0) is 11.5. The number of methoxy groups -OCH3 is 1. The topological polar surface area (TPSA) is 21.7 Å². The van der Waals surface area contributed by atoms with E-state index in [-0.39, 0.29) is 0 Å². The van der Waals surface area contributed by atoms with Gasteiger partial charge in [0.25, 0.3) is 0 Å². The Hall–Kier alpha value is 0.360. The van der Waals surface area contributed by atoms with Gasteiger partial charge in [-0.15, -0.1) is 0 Å². The summed E-state index contributed by atoms with van der Waals surface area (Å²) in [5.74, 6) is 0. The van der Waals surface area contributed by atoms with Crippen molar-refractivity contribution in [1.82, 2.24) is 4.90 Å². The zero-order valence-corrected chi connectivity index (χ0v) is 11.8. The van der Waals surface area contributed by atoms with Crippen LogP contribution in [0.15, 0.2) is 0 Å². The van der Waals surface area contributed by atoms with Crippen LogP contribution in [0.4, 0.5) is 0 Å². The second kappa shape index (κ2) is 10.9. The molecule has 92 valence electrons. The van der Waals surface area contributed by atoms with Crippen molar-refractivity contribution in [2.75, 3.05) is 45.4 Å².